The molecule has 0 spiro atoms. The molecule has 0 amide bonds. The van der Waals surface area contributed by atoms with Gasteiger partial charge in [0.2, 0.25) is 0 Å². The second-order valence-corrected chi connectivity index (χ2v) is 7.30. The molecule has 0 radical (unpaired) electrons. The molecule has 1 aliphatic heterocycles. The number of ether oxygens (including phenoxy) is 6. The molecule has 0 aromatic rings. The Kier molecular flexibility index (Phi) is 8.37. The molecule has 0 aliphatic carbocycles. The fourth-order valence-corrected chi connectivity index (χ4v) is 2.63. The number of carbonyl (C=O) groups is 4. The second-order valence-electron chi connectivity index (χ2n) is 7.30. The number of hydrogen-bond donors (Lipinski definition) is 0. The SMILES string of the molecule is CC(=O)OC[C@@H]1O[C@@H](OC(C)(C)C)[C@@H](OC(C)=O)[C@H](OC(C)=O)[C@H]1OC(C)=O. The molecule has 1 fully saturated rings. The fourth-order valence-electron chi connectivity index (χ4n) is 2.63. The van der Waals surface area contributed by atoms with Gasteiger partial charge in [-0.3, -0.25) is 19.2 Å². The van der Waals surface area contributed by atoms with E-state index in [-0.39, 0.29) is 6.61 Å². The smallest absolute Gasteiger partial charge is 0.303 e. The Balaban J connectivity index is 3.33. The molecule has 5 atom stereocenters. The van der Waals surface area contributed by atoms with E-state index in [4.69, 9.17) is 28.4 Å². The molecule has 0 bridgehead atoms. The van der Waals surface area contributed by atoms with Crippen LogP contribution in [0.15, 0.2) is 0 Å². The lowest BCUT2D eigenvalue weighted by Gasteiger charge is -2.45. The fraction of sp³-hybridized carbons (Fsp3) is 0.778. The molecule has 0 saturated carbocycles. The first-order chi connectivity index (χ1) is 12.8. The summed E-state index contributed by atoms with van der Waals surface area (Å²) in [4.78, 5) is 46.1. The van der Waals surface area contributed by atoms with E-state index in [2.05, 4.69) is 0 Å². The predicted molar refractivity (Wildman–Crippen MR) is 92.8 cm³/mol. The van der Waals surface area contributed by atoms with Crippen LogP contribution in [-0.2, 0) is 47.6 Å². The zero-order valence-corrected chi connectivity index (χ0v) is 17.2. The van der Waals surface area contributed by atoms with Crippen molar-refractivity contribution in [2.45, 2.75) is 84.8 Å². The van der Waals surface area contributed by atoms with Crippen molar-refractivity contribution in [3.05, 3.63) is 0 Å². The van der Waals surface area contributed by atoms with Crippen LogP contribution in [-0.4, -0.2) is 66.8 Å². The molecule has 0 N–H and O–H groups in total. The average Bonchev–Trinajstić information content (AvgIpc) is 2.48. The highest BCUT2D eigenvalue weighted by Gasteiger charge is 2.53. The first kappa shape index (κ1) is 23.8. The monoisotopic (exact) mass is 404 g/mol. The molecule has 0 unspecified atom stereocenters. The molecule has 0 aromatic carbocycles. The van der Waals surface area contributed by atoms with Gasteiger partial charge < -0.3 is 28.4 Å². The molecule has 10 heteroatoms. The second kappa shape index (κ2) is 9.83. The van der Waals surface area contributed by atoms with Crippen LogP contribution in [0, 0.1) is 0 Å². The third kappa shape index (κ3) is 7.81. The van der Waals surface area contributed by atoms with Gasteiger partial charge in [0.05, 0.1) is 5.60 Å². The van der Waals surface area contributed by atoms with Crippen LogP contribution in [0.2, 0.25) is 0 Å². The highest BCUT2D eigenvalue weighted by atomic mass is 16.7. The molecule has 1 aliphatic rings. The summed E-state index contributed by atoms with van der Waals surface area (Å²) in [7, 11) is 0. The van der Waals surface area contributed by atoms with E-state index in [1.807, 2.05) is 0 Å². The van der Waals surface area contributed by atoms with Gasteiger partial charge in [-0.15, -0.1) is 0 Å². The molecule has 10 nitrogen and oxygen atoms in total. The maximum atomic E-state index is 11.7. The van der Waals surface area contributed by atoms with E-state index in [9.17, 15) is 19.2 Å². The molecule has 0 aromatic heterocycles. The van der Waals surface area contributed by atoms with Gasteiger partial charge in [-0.25, -0.2) is 0 Å². The lowest BCUT2D eigenvalue weighted by atomic mass is 9.97. The number of rotatable bonds is 6. The minimum atomic E-state index is -1.23. The maximum Gasteiger partial charge on any atom is 0.303 e. The van der Waals surface area contributed by atoms with Crippen LogP contribution < -0.4 is 0 Å². The van der Waals surface area contributed by atoms with Gasteiger partial charge >= 0.3 is 23.9 Å². The normalized spacial score (nSPS) is 27.5. The molecule has 1 saturated heterocycles. The highest BCUT2D eigenvalue weighted by molar-refractivity contribution is 5.68. The van der Waals surface area contributed by atoms with Crippen molar-refractivity contribution in [1.29, 1.82) is 0 Å². The van der Waals surface area contributed by atoms with Gasteiger partial charge in [-0.1, -0.05) is 0 Å². The Bertz CT molecular complexity index is 594. The number of hydrogen-bond acceptors (Lipinski definition) is 10. The van der Waals surface area contributed by atoms with E-state index in [1.165, 1.54) is 13.8 Å². The van der Waals surface area contributed by atoms with Crippen molar-refractivity contribution in [3.8, 4) is 0 Å². The Morgan fingerprint density at radius 3 is 1.64 bits per heavy atom. The van der Waals surface area contributed by atoms with Gasteiger partial charge in [0.1, 0.15) is 12.7 Å². The number of esters is 4. The van der Waals surface area contributed by atoms with E-state index in [1.54, 1.807) is 20.8 Å². The van der Waals surface area contributed by atoms with Crippen molar-refractivity contribution in [1.82, 2.24) is 0 Å². The van der Waals surface area contributed by atoms with Crippen LogP contribution in [0.1, 0.15) is 48.5 Å². The maximum absolute atomic E-state index is 11.7. The van der Waals surface area contributed by atoms with Gasteiger partial charge in [0.15, 0.2) is 24.6 Å². The third-order valence-corrected chi connectivity index (χ3v) is 3.42. The summed E-state index contributed by atoms with van der Waals surface area (Å²) in [5.41, 5.74) is -0.718. The summed E-state index contributed by atoms with van der Waals surface area (Å²) in [5.74, 6) is -2.63. The van der Waals surface area contributed by atoms with E-state index >= 15 is 0 Å². The summed E-state index contributed by atoms with van der Waals surface area (Å²) in [6, 6.07) is 0. The molecule has 1 heterocycles. The largest absolute Gasteiger partial charge is 0.463 e. The zero-order valence-electron chi connectivity index (χ0n) is 17.2. The van der Waals surface area contributed by atoms with Crippen molar-refractivity contribution >= 4 is 23.9 Å². The minimum absolute atomic E-state index is 0.290. The van der Waals surface area contributed by atoms with Gasteiger partial charge in [-0.2, -0.15) is 0 Å². The third-order valence-electron chi connectivity index (χ3n) is 3.42. The van der Waals surface area contributed by atoms with Crippen LogP contribution in [0.25, 0.3) is 0 Å². The lowest BCUT2D eigenvalue weighted by Crippen LogP contribution is -2.63. The average molecular weight is 404 g/mol. The van der Waals surface area contributed by atoms with Gasteiger partial charge in [0.25, 0.3) is 0 Å². The van der Waals surface area contributed by atoms with Crippen LogP contribution in [0.4, 0.5) is 0 Å². The Morgan fingerprint density at radius 2 is 1.21 bits per heavy atom. The summed E-state index contributed by atoms with van der Waals surface area (Å²) < 4.78 is 32.5. The van der Waals surface area contributed by atoms with Crippen LogP contribution in [0.5, 0.6) is 0 Å². The van der Waals surface area contributed by atoms with Crippen molar-refractivity contribution < 1.29 is 47.6 Å². The summed E-state index contributed by atoms with van der Waals surface area (Å²) in [5, 5.41) is 0. The Morgan fingerprint density at radius 1 is 0.750 bits per heavy atom. The molecule has 28 heavy (non-hydrogen) atoms. The molecular formula is C18H28O10. The topological polar surface area (TPSA) is 124 Å². The van der Waals surface area contributed by atoms with E-state index in [0.29, 0.717) is 0 Å². The lowest BCUT2D eigenvalue weighted by molar-refractivity contribution is -0.325. The predicted octanol–water partition coefficient (Wildman–Crippen LogP) is 0.885. The molecular weight excluding hydrogens is 376 g/mol. The number of carbonyl (C=O) groups excluding carboxylic acids is 4. The first-order valence-electron chi connectivity index (χ1n) is 8.78. The van der Waals surface area contributed by atoms with Gasteiger partial charge in [0, 0.05) is 27.7 Å². The van der Waals surface area contributed by atoms with Crippen LogP contribution >= 0.6 is 0 Å². The summed E-state index contributed by atoms with van der Waals surface area (Å²) in [6.45, 7) is 9.66. The van der Waals surface area contributed by atoms with Crippen LogP contribution in [0.3, 0.4) is 0 Å². The van der Waals surface area contributed by atoms with Gasteiger partial charge in [-0.05, 0) is 20.8 Å². The van der Waals surface area contributed by atoms with Crippen molar-refractivity contribution in [2.24, 2.45) is 0 Å². The molecule has 160 valence electrons. The summed E-state index contributed by atoms with van der Waals surface area (Å²) in [6.07, 6.45) is -5.81. The zero-order chi connectivity index (χ0) is 21.6. The van der Waals surface area contributed by atoms with E-state index in [0.717, 1.165) is 13.8 Å². The Hall–Kier alpha value is -2.20. The molecule has 1 rings (SSSR count). The minimum Gasteiger partial charge on any atom is -0.463 e. The highest BCUT2D eigenvalue weighted by Crippen LogP contribution is 2.31. The van der Waals surface area contributed by atoms with Crippen molar-refractivity contribution in [2.75, 3.05) is 6.61 Å². The first-order valence-corrected chi connectivity index (χ1v) is 8.78. The van der Waals surface area contributed by atoms with Crippen molar-refractivity contribution in [3.63, 3.8) is 0 Å². The quantitative estimate of drug-likeness (QED) is 0.465. The standard InChI is InChI=1S/C18H28O10/c1-9(19)23-8-13-14(24-10(2)20)15(25-11(3)21)16(26-12(4)22)17(27-13)28-18(5,6)7/h13-17H,8H2,1-7H3/t13-,14-,15+,16-,17-/m0/s1. The summed E-state index contributed by atoms with van der Waals surface area (Å²) >= 11 is 0. The Labute approximate surface area is 163 Å². The van der Waals surface area contributed by atoms with E-state index < -0.39 is 60.2 Å².